The Hall–Kier alpha value is -3.52. The first kappa shape index (κ1) is 21.2. The number of rotatable bonds is 7. The van der Waals surface area contributed by atoms with Crippen LogP contribution in [-0.4, -0.2) is 35.5 Å². The topological polar surface area (TPSA) is 67.9 Å². The molecule has 0 bridgehead atoms. The molecule has 1 saturated heterocycles. The van der Waals surface area contributed by atoms with Gasteiger partial charge in [0.25, 0.3) is 11.8 Å². The number of ether oxygens (including phenoxy) is 2. The SMILES string of the molecule is C=CCN1C(=O)/C(=C/c2ccc(OC)c(COc3ccc(F)cc3)c2)C(=O)NC1=S. The third-order valence-corrected chi connectivity index (χ3v) is 4.64. The number of nitrogens with zero attached hydrogens (tertiary/aromatic N) is 1. The van der Waals surface area contributed by atoms with Crippen LogP contribution in [0.25, 0.3) is 6.08 Å². The summed E-state index contributed by atoms with van der Waals surface area (Å²) in [5.41, 5.74) is 1.26. The van der Waals surface area contributed by atoms with Gasteiger partial charge in [0.2, 0.25) is 0 Å². The molecule has 0 aromatic heterocycles. The van der Waals surface area contributed by atoms with Crippen molar-refractivity contribution in [2.24, 2.45) is 0 Å². The number of nitrogens with one attached hydrogen (secondary N) is 1. The summed E-state index contributed by atoms with van der Waals surface area (Å²) in [6, 6.07) is 10.8. The van der Waals surface area contributed by atoms with Gasteiger partial charge in [0.05, 0.1) is 7.11 Å². The van der Waals surface area contributed by atoms with Crippen molar-refractivity contribution in [2.75, 3.05) is 13.7 Å². The van der Waals surface area contributed by atoms with E-state index in [9.17, 15) is 14.0 Å². The normalized spacial score (nSPS) is 15.2. The van der Waals surface area contributed by atoms with E-state index in [0.717, 1.165) is 0 Å². The van der Waals surface area contributed by atoms with Gasteiger partial charge in [-0.15, -0.1) is 6.58 Å². The zero-order chi connectivity index (χ0) is 21.7. The lowest BCUT2D eigenvalue weighted by molar-refractivity contribution is -0.128. The van der Waals surface area contributed by atoms with Crippen molar-refractivity contribution in [3.63, 3.8) is 0 Å². The van der Waals surface area contributed by atoms with Crippen LogP contribution in [0.5, 0.6) is 11.5 Å². The van der Waals surface area contributed by atoms with Gasteiger partial charge in [-0.05, 0) is 60.3 Å². The lowest BCUT2D eigenvalue weighted by Crippen LogP contribution is -2.53. The quantitative estimate of drug-likeness (QED) is 0.319. The average molecular weight is 426 g/mol. The number of halogens is 1. The second-order valence-corrected chi connectivity index (χ2v) is 6.72. The van der Waals surface area contributed by atoms with Crippen molar-refractivity contribution >= 4 is 35.2 Å². The van der Waals surface area contributed by atoms with Crippen LogP contribution in [0.15, 0.2) is 60.7 Å². The van der Waals surface area contributed by atoms with Gasteiger partial charge in [0, 0.05) is 12.1 Å². The van der Waals surface area contributed by atoms with E-state index in [1.165, 1.54) is 48.4 Å². The maximum absolute atomic E-state index is 13.0. The van der Waals surface area contributed by atoms with Crippen LogP contribution in [0.3, 0.4) is 0 Å². The second-order valence-electron chi connectivity index (χ2n) is 6.34. The summed E-state index contributed by atoms with van der Waals surface area (Å²) in [5, 5.41) is 2.55. The number of benzene rings is 2. The summed E-state index contributed by atoms with van der Waals surface area (Å²) in [4.78, 5) is 26.2. The van der Waals surface area contributed by atoms with E-state index in [2.05, 4.69) is 11.9 Å². The largest absolute Gasteiger partial charge is 0.496 e. The third kappa shape index (κ3) is 4.72. The van der Waals surface area contributed by atoms with E-state index < -0.39 is 11.8 Å². The summed E-state index contributed by atoms with van der Waals surface area (Å²) in [6.45, 7) is 3.94. The van der Waals surface area contributed by atoms with E-state index in [1.54, 1.807) is 18.2 Å². The zero-order valence-electron chi connectivity index (χ0n) is 16.2. The Bertz CT molecular complexity index is 1030. The number of carbonyl (C=O) groups excluding carboxylic acids is 2. The van der Waals surface area contributed by atoms with Gasteiger partial charge < -0.3 is 9.47 Å². The molecule has 0 unspecified atom stereocenters. The van der Waals surface area contributed by atoms with Crippen molar-refractivity contribution < 1.29 is 23.5 Å². The van der Waals surface area contributed by atoms with Crippen molar-refractivity contribution in [3.8, 4) is 11.5 Å². The predicted octanol–water partition coefficient (Wildman–Crippen LogP) is 3.23. The Morgan fingerprint density at radius 2 is 1.93 bits per heavy atom. The first-order valence-corrected chi connectivity index (χ1v) is 9.39. The van der Waals surface area contributed by atoms with Gasteiger partial charge in [-0.25, -0.2) is 4.39 Å². The number of hydrogen-bond acceptors (Lipinski definition) is 5. The Balaban J connectivity index is 1.86. The van der Waals surface area contributed by atoms with E-state index >= 15 is 0 Å². The summed E-state index contributed by atoms with van der Waals surface area (Å²) in [5.74, 6) is -0.339. The number of thiocarbonyl (C=S) groups is 1. The monoisotopic (exact) mass is 426 g/mol. The maximum Gasteiger partial charge on any atom is 0.265 e. The van der Waals surface area contributed by atoms with Crippen LogP contribution in [0, 0.1) is 5.82 Å². The fraction of sp³-hybridized carbons (Fsp3) is 0.136. The molecule has 0 saturated carbocycles. The Kier molecular flexibility index (Phi) is 6.58. The molecule has 2 aromatic rings. The van der Waals surface area contributed by atoms with Crippen LogP contribution in [0.2, 0.25) is 0 Å². The molecule has 1 aliphatic heterocycles. The van der Waals surface area contributed by atoms with Crippen LogP contribution in [0.4, 0.5) is 4.39 Å². The van der Waals surface area contributed by atoms with Crippen LogP contribution >= 0.6 is 12.2 Å². The number of hydrogen-bond donors (Lipinski definition) is 1. The molecule has 2 amide bonds. The minimum absolute atomic E-state index is 0.0407. The van der Waals surface area contributed by atoms with Gasteiger partial charge in [-0.1, -0.05) is 12.1 Å². The molecule has 1 fully saturated rings. The highest BCUT2D eigenvalue weighted by molar-refractivity contribution is 7.80. The molecule has 0 radical (unpaired) electrons. The highest BCUT2D eigenvalue weighted by atomic mass is 32.1. The first-order chi connectivity index (χ1) is 14.4. The minimum atomic E-state index is -0.565. The molecule has 2 aromatic carbocycles. The van der Waals surface area contributed by atoms with E-state index in [1.807, 2.05) is 0 Å². The molecule has 154 valence electrons. The lowest BCUT2D eigenvalue weighted by atomic mass is 10.0. The highest BCUT2D eigenvalue weighted by Gasteiger charge is 2.32. The molecule has 30 heavy (non-hydrogen) atoms. The molecular formula is C22H19FN2O4S. The predicted molar refractivity (Wildman–Crippen MR) is 114 cm³/mol. The van der Waals surface area contributed by atoms with E-state index in [-0.39, 0.29) is 29.7 Å². The summed E-state index contributed by atoms with van der Waals surface area (Å²) in [7, 11) is 1.53. The van der Waals surface area contributed by atoms with E-state index in [4.69, 9.17) is 21.7 Å². The second kappa shape index (κ2) is 9.32. The van der Waals surface area contributed by atoms with Crippen molar-refractivity contribution in [1.29, 1.82) is 0 Å². The van der Waals surface area contributed by atoms with Crippen LogP contribution in [0.1, 0.15) is 11.1 Å². The molecule has 0 atom stereocenters. The molecule has 0 spiro atoms. The first-order valence-electron chi connectivity index (χ1n) is 8.98. The molecule has 3 rings (SSSR count). The summed E-state index contributed by atoms with van der Waals surface area (Å²) < 4.78 is 24.1. The molecular weight excluding hydrogens is 407 g/mol. The summed E-state index contributed by atoms with van der Waals surface area (Å²) >= 11 is 5.05. The number of amides is 2. The average Bonchev–Trinajstić information content (AvgIpc) is 2.74. The molecule has 8 heteroatoms. The van der Waals surface area contributed by atoms with Gasteiger partial charge in [0.1, 0.15) is 29.5 Å². The third-order valence-electron chi connectivity index (χ3n) is 4.32. The van der Waals surface area contributed by atoms with Crippen LogP contribution in [-0.2, 0) is 16.2 Å². The zero-order valence-corrected chi connectivity index (χ0v) is 17.0. The fourth-order valence-electron chi connectivity index (χ4n) is 2.85. The number of carbonyl (C=O) groups is 2. The molecule has 1 N–H and O–H groups in total. The van der Waals surface area contributed by atoms with Crippen molar-refractivity contribution in [1.82, 2.24) is 10.2 Å². The fourth-order valence-corrected chi connectivity index (χ4v) is 3.10. The standard InChI is InChI=1S/C22H19FN2O4S/c1-3-10-25-21(27)18(20(26)24-22(25)30)12-14-4-9-19(28-2)15(11-14)13-29-17-7-5-16(23)6-8-17/h3-9,11-12H,1,10,13H2,2H3,(H,24,26,30)/b18-12+. The van der Waals surface area contributed by atoms with E-state index in [0.29, 0.717) is 22.6 Å². The molecule has 6 nitrogen and oxygen atoms in total. The number of methoxy groups -OCH3 is 1. The smallest absolute Gasteiger partial charge is 0.265 e. The summed E-state index contributed by atoms with van der Waals surface area (Å²) in [6.07, 6.45) is 3.01. The van der Waals surface area contributed by atoms with Gasteiger partial charge >= 0.3 is 0 Å². The van der Waals surface area contributed by atoms with Gasteiger partial charge in [0.15, 0.2) is 5.11 Å². The Morgan fingerprint density at radius 3 is 2.60 bits per heavy atom. The minimum Gasteiger partial charge on any atom is -0.496 e. The molecule has 1 heterocycles. The Labute approximate surface area is 178 Å². The molecule has 0 aliphatic carbocycles. The van der Waals surface area contributed by atoms with Crippen LogP contribution < -0.4 is 14.8 Å². The highest BCUT2D eigenvalue weighted by Crippen LogP contribution is 2.24. The van der Waals surface area contributed by atoms with Gasteiger partial charge in [-0.3, -0.25) is 19.8 Å². The molecule has 1 aliphatic rings. The maximum atomic E-state index is 13.0. The lowest BCUT2D eigenvalue weighted by Gasteiger charge is -2.27. The Morgan fingerprint density at radius 1 is 1.20 bits per heavy atom. The van der Waals surface area contributed by atoms with Crippen molar-refractivity contribution in [3.05, 3.63) is 77.6 Å². The van der Waals surface area contributed by atoms with Gasteiger partial charge in [-0.2, -0.15) is 0 Å². The van der Waals surface area contributed by atoms with Crippen molar-refractivity contribution in [2.45, 2.75) is 6.61 Å².